The zero-order valence-corrected chi connectivity index (χ0v) is 5.22. The summed E-state index contributed by atoms with van der Waals surface area (Å²) in [7, 11) is 0. The molecule has 3 heteroatoms. The van der Waals surface area contributed by atoms with Gasteiger partial charge in [0.2, 0.25) is 0 Å². The fraction of sp³-hybridized carbons (Fsp3) is 0.400. The van der Waals surface area contributed by atoms with Crippen molar-refractivity contribution < 1.29 is 9.90 Å². The van der Waals surface area contributed by atoms with Crippen molar-refractivity contribution in [2.45, 2.75) is 12.3 Å². The summed E-state index contributed by atoms with van der Waals surface area (Å²) in [5, 5.41) is 7.25. The number of hydrogen-bond acceptors (Lipinski definition) is 1. The Hall–Kier alpha value is -0.500. The predicted octanol–water partition coefficient (Wildman–Crippen LogP) is 1.25. The number of halogens is 1. The number of allylic oxidation sites excluding steroid dienone is 1. The molecule has 0 bridgehead atoms. The van der Waals surface area contributed by atoms with E-state index in [-0.39, 0.29) is 0 Å². The van der Waals surface area contributed by atoms with E-state index in [1.165, 1.54) is 6.08 Å². The fourth-order valence-electron chi connectivity index (χ4n) is 0.251. The number of alkyl halides is 1. The number of carbonyl (C=O) groups is 1. The molecule has 0 aliphatic rings. The molecular formula is C5H7ClO2. The van der Waals surface area contributed by atoms with Gasteiger partial charge in [0.1, 0.15) is 5.38 Å². The molecule has 46 valence electrons. The Bertz CT molecular complexity index is 109. The van der Waals surface area contributed by atoms with E-state index in [9.17, 15) is 4.79 Å². The molecule has 0 amide bonds. The molecule has 0 aliphatic heterocycles. The molecule has 0 rings (SSSR count). The van der Waals surface area contributed by atoms with Crippen molar-refractivity contribution in [2.24, 2.45) is 0 Å². The van der Waals surface area contributed by atoms with Crippen LogP contribution in [-0.2, 0) is 4.79 Å². The average molecular weight is 135 g/mol. The molecule has 0 saturated heterocycles. The Morgan fingerprint density at radius 3 is 2.50 bits per heavy atom. The quantitative estimate of drug-likeness (QED) is 0.456. The Morgan fingerprint density at radius 1 is 1.88 bits per heavy atom. The molecule has 0 fully saturated rings. The van der Waals surface area contributed by atoms with Crippen molar-refractivity contribution in [3.63, 3.8) is 0 Å². The molecule has 1 atom stereocenters. The van der Waals surface area contributed by atoms with Gasteiger partial charge in [-0.1, -0.05) is 12.2 Å². The van der Waals surface area contributed by atoms with Crippen LogP contribution in [0.3, 0.4) is 0 Å². The van der Waals surface area contributed by atoms with Gasteiger partial charge < -0.3 is 5.11 Å². The van der Waals surface area contributed by atoms with Gasteiger partial charge in [-0.15, -0.1) is 11.6 Å². The second-order valence-electron chi connectivity index (χ2n) is 1.27. The van der Waals surface area contributed by atoms with Crippen molar-refractivity contribution in [3.8, 4) is 0 Å². The van der Waals surface area contributed by atoms with Crippen LogP contribution in [0.25, 0.3) is 0 Å². The van der Waals surface area contributed by atoms with Crippen LogP contribution in [-0.4, -0.2) is 16.5 Å². The highest BCUT2D eigenvalue weighted by Gasteiger charge is 2.06. The minimum atomic E-state index is -1.01. The second-order valence-corrected chi connectivity index (χ2v) is 1.74. The van der Waals surface area contributed by atoms with Gasteiger partial charge in [0.15, 0.2) is 0 Å². The van der Waals surface area contributed by atoms with Crippen molar-refractivity contribution >= 4 is 17.6 Å². The maximum Gasteiger partial charge on any atom is 0.325 e. The Morgan fingerprint density at radius 2 is 2.38 bits per heavy atom. The molecule has 0 aliphatic carbocycles. The molecule has 0 radical (unpaired) electrons. The molecule has 0 aromatic heterocycles. The Balaban J connectivity index is 3.64. The van der Waals surface area contributed by atoms with E-state index in [4.69, 9.17) is 16.7 Å². The number of rotatable bonds is 2. The van der Waals surface area contributed by atoms with Crippen molar-refractivity contribution in [3.05, 3.63) is 12.2 Å². The smallest absolute Gasteiger partial charge is 0.325 e. The molecule has 1 unspecified atom stereocenters. The first kappa shape index (κ1) is 7.50. The lowest BCUT2D eigenvalue weighted by Gasteiger charge is -1.91. The molecule has 8 heavy (non-hydrogen) atoms. The van der Waals surface area contributed by atoms with E-state index in [0.717, 1.165) is 0 Å². The van der Waals surface area contributed by atoms with Gasteiger partial charge in [-0.05, 0) is 6.92 Å². The first-order chi connectivity index (χ1) is 3.68. The highest BCUT2D eigenvalue weighted by molar-refractivity contribution is 6.30. The maximum absolute atomic E-state index is 9.91. The summed E-state index contributed by atoms with van der Waals surface area (Å²) in [6.07, 6.45) is 3.01. The van der Waals surface area contributed by atoms with Gasteiger partial charge in [-0.2, -0.15) is 0 Å². The van der Waals surface area contributed by atoms with E-state index < -0.39 is 11.3 Å². The van der Waals surface area contributed by atoms with E-state index >= 15 is 0 Å². The van der Waals surface area contributed by atoms with Crippen molar-refractivity contribution in [1.82, 2.24) is 0 Å². The normalized spacial score (nSPS) is 14.2. The lowest BCUT2D eigenvalue weighted by molar-refractivity contribution is -0.135. The van der Waals surface area contributed by atoms with E-state index in [2.05, 4.69) is 0 Å². The lowest BCUT2D eigenvalue weighted by atomic mass is 10.4. The van der Waals surface area contributed by atoms with Crippen LogP contribution in [0.4, 0.5) is 0 Å². The number of carboxylic acid groups (broad SMARTS) is 1. The summed E-state index contributed by atoms with van der Waals surface area (Å²) in [6, 6.07) is 0. The minimum Gasteiger partial charge on any atom is -0.480 e. The van der Waals surface area contributed by atoms with Crippen LogP contribution in [0.1, 0.15) is 6.92 Å². The van der Waals surface area contributed by atoms with Gasteiger partial charge in [-0.25, -0.2) is 0 Å². The van der Waals surface area contributed by atoms with Gasteiger partial charge in [-0.3, -0.25) is 4.79 Å². The average Bonchev–Trinajstić information content (AvgIpc) is 1.67. The van der Waals surface area contributed by atoms with Crippen LogP contribution in [0.2, 0.25) is 0 Å². The van der Waals surface area contributed by atoms with Gasteiger partial charge in [0.25, 0.3) is 0 Å². The minimum absolute atomic E-state index is 0.875. The molecule has 0 aromatic carbocycles. The molecule has 0 spiro atoms. The summed E-state index contributed by atoms with van der Waals surface area (Å²) < 4.78 is 0. The Kier molecular flexibility index (Phi) is 3.28. The summed E-state index contributed by atoms with van der Waals surface area (Å²) in [5.41, 5.74) is 0. The predicted molar refractivity (Wildman–Crippen MR) is 32.1 cm³/mol. The van der Waals surface area contributed by atoms with Crippen LogP contribution in [0.5, 0.6) is 0 Å². The largest absolute Gasteiger partial charge is 0.480 e. The van der Waals surface area contributed by atoms with Crippen LogP contribution in [0, 0.1) is 0 Å². The third-order valence-electron chi connectivity index (χ3n) is 0.597. The van der Waals surface area contributed by atoms with E-state index in [1.807, 2.05) is 0 Å². The summed E-state index contributed by atoms with van der Waals surface area (Å²) in [5.74, 6) is -1.01. The monoisotopic (exact) mass is 134 g/mol. The summed E-state index contributed by atoms with van der Waals surface area (Å²) in [6.45, 7) is 1.72. The van der Waals surface area contributed by atoms with Gasteiger partial charge >= 0.3 is 5.97 Å². The number of hydrogen-bond donors (Lipinski definition) is 1. The third kappa shape index (κ3) is 2.64. The maximum atomic E-state index is 9.91. The second kappa shape index (κ2) is 3.50. The summed E-state index contributed by atoms with van der Waals surface area (Å²) >= 11 is 5.23. The number of aliphatic carboxylic acids is 1. The van der Waals surface area contributed by atoms with Crippen LogP contribution < -0.4 is 0 Å². The first-order valence-corrected chi connectivity index (χ1v) is 2.62. The van der Waals surface area contributed by atoms with Crippen molar-refractivity contribution in [2.75, 3.05) is 0 Å². The van der Waals surface area contributed by atoms with Crippen LogP contribution in [0.15, 0.2) is 12.2 Å². The summed E-state index contributed by atoms with van der Waals surface area (Å²) in [4.78, 5) is 9.91. The topological polar surface area (TPSA) is 37.3 Å². The van der Waals surface area contributed by atoms with E-state index in [0.29, 0.717) is 0 Å². The van der Waals surface area contributed by atoms with Gasteiger partial charge in [0, 0.05) is 0 Å². The zero-order valence-electron chi connectivity index (χ0n) is 4.47. The molecule has 1 N–H and O–H groups in total. The fourth-order valence-corrected chi connectivity index (χ4v) is 0.397. The molecule has 0 heterocycles. The SMILES string of the molecule is C/C=C/C(Cl)C(=O)O. The van der Waals surface area contributed by atoms with Gasteiger partial charge in [0.05, 0.1) is 0 Å². The first-order valence-electron chi connectivity index (χ1n) is 2.18. The third-order valence-corrected chi connectivity index (χ3v) is 0.929. The molecule has 2 nitrogen and oxygen atoms in total. The highest BCUT2D eigenvalue weighted by atomic mass is 35.5. The van der Waals surface area contributed by atoms with E-state index in [1.54, 1.807) is 13.0 Å². The lowest BCUT2D eigenvalue weighted by Crippen LogP contribution is -2.08. The van der Waals surface area contributed by atoms with Crippen LogP contribution >= 0.6 is 11.6 Å². The zero-order chi connectivity index (χ0) is 6.57. The highest BCUT2D eigenvalue weighted by Crippen LogP contribution is 1.95. The molecule has 0 aromatic rings. The number of carboxylic acids is 1. The Labute approximate surface area is 52.8 Å². The van der Waals surface area contributed by atoms with Crippen molar-refractivity contribution in [1.29, 1.82) is 0 Å². The standard InChI is InChI=1S/C5H7ClO2/c1-2-3-4(6)5(7)8/h2-4H,1H3,(H,7,8)/b3-2+. The molecule has 0 saturated carbocycles. The molecular weight excluding hydrogens is 128 g/mol.